The first kappa shape index (κ1) is 13.0. The van der Waals surface area contributed by atoms with Crippen molar-refractivity contribution in [2.24, 2.45) is 0 Å². The Morgan fingerprint density at radius 3 is 2.50 bits per heavy atom. The van der Waals surface area contributed by atoms with Gasteiger partial charge in [-0.3, -0.25) is 0 Å². The molecule has 6 nitrogen and oxygen atoms in total. The van der Waals surface area contributed by atoms with E-state index in [4.69, 9.17) is 0 Å². The van der Waals surface area contributed by atoms with E-state index in [2.05, 4.69) is 15.1 Å². The van der Waals surface area contributed by atoms with E-state index in [9.17, 15) is 8.42 Å². The molecule has 7 heteroatoms. The fraction of sp³-hybridized carbons (Fsp3) is 0.444. The minimum absolute atomic E-state index is 0.0149. The van der Waals surface area contributed by atoms with Crippen LogP contribution in [0.1, 0.15) is 5.56 Å². The van der Waals surface area contributed by atoms with E-state index in [1.165, 1.54) is 11.1 Å². The predicted molar refractivity (Wildman–Crippen MR) is 61.0 cm³/mol. The van der Waals surface area contributed by atoms with Gasteiger partial charge < -0.3 is 5.32 Å². The van der Waals surface area contributed by atoms with E-state index in [0.717, 1.165) is 5.56 Å². The summed E-state index contributed by atoms with van der Waals surface area (Å²) in [5.41, 5.74) is 0.936. The van der Waals surface area contributed by atoms with Crippen LogP contribution < -0.4 is 10.1 Å². The zero-order chi connectivity index (χ0) is 12.2. The van der Waals surface area contributed by atoms with E-state index in [1.807, 2.05) is 7.05 Å². The van der Waals surface area contributed by atoms with Crippen molar-refractivity contribution in [3.05, 3.63) is 23.9 Å². The first-order chi connectivity index (χ1) is 7.45. The lowest BCUT2D eigenvalue weighted by atomic mass is 10.3. The third-order valence-corrected chi connectivity index (χ3v) is 3.15. The average molecular weight is 244 g/mol. The Bertz CT molecular complexity index is 427. The lowest BCUT2D eigenvalue weighted by molar-refractivity contribution is 0.363. The van der Waals surface area contributed by atoms with Gasteiger partial charge in [-0.25, -0.2) is 18.4 Å². The normalized spacial score (nSPS) is 12.0. The largest absolute Gasteiger partial charge is 0.316 e. The van der Waals surface area contributed by atoms with Crippen molar-refractivity contribution in [1.29, 1.82) is 0 Å². The molecule has 1 aromatic rings. The SMILES string of the molecule is CNCc1ccc(S(=O)(=O)NN(C)C)nc1. The molecule has 90 valence electrons. The highest BCUT2D eigenvalue weighted by Crippen LogP contribution is 2.06. The number of nitrogens with one attached hydrogen (secondary N) is 2. The number of sulfonamides is 1. The molecule has 0 aliphatic rings. The Hall–Kier alpha value is -1.02. The number of hydrazine groups is 1. The van der Waals surface area contributed by atoms with Gasteiger partial charge in [0.25, 0.3) is 10.0 Å². The van der Waals surface area contributed by atoms with Crippen LogP contribution >= 0.6 is 0 Å². The summed E-state index contributed by atoms with van der Waals surface area (Å²) in [6, 6.07) is 3.21. The maximum atomic E-state index is 11.7. The van der Waals surface area contributed by atoms with Crippen LogP contribution in [0.15, 0.2) is 23.4 Å². The molecule has 16 heavy (non-hydrogen) atoms. The number of hydrogen-bond donors (Lipinski definition) is 2. The molecule has 2 N–H and O–H groups in total. The van der Waals surface area contributed by atoms with E-state index in [0.29, 0.717) is 6.54 Å². The summed E-state index contributed by atoms with van der Waals surface area (Å²) in [6.45, 7) is 0.661. The van der Waals surface area contributed by atoms with Crippen molar-refractivity contribution >= 4 is 10.0 Å². The number of aromatic nitrogens is 1. The number of nitrogens with zero attached hydrogens (tertiary/aromatic N) is 2. The first-order valence-corrected chi connectivity index (χ1v) is 6.23. The van der Waals surface area contributed by atoms with Crippen LogP contribution in [-0.4, -0.2) is 39.6 Å². The topological polar surface area (TPSA) is 74.3 Å². The average Bonchev–Trinajstić information content (AvgIpc) is 2.17. The summed E-state index contributed by atoms with van der Waals surface area (Å²) in [6.07, 6.45) is 1.54. The molecule has 0 unspecified atom stereocenters. The molecular formula is C9H16N4O2S. The molecule has 0 bridgehead atoms. The molecule has 0 aliphatic heterocycles. The third kappa shape index (κ3) is 3.53. The third-order valence-electron chi connectivity index (χ3n) is 1.76. The minimum Gasteiger partial charge on any atom is -0.316 e. The van der Waals surface area contributed by atoms with Crippen molar-refractivity contribution in [2.75, 3.05) is 21.1 Å². The summed E-state index contributed by atoms with van der Waals surface area (Å²) in [5, 5.41) is 4.34. The summed E-state index contributed by atoms with van der Waals surface area (Å²) in [5.74, 6) is 0. The maximum absolute atomic E-state index is 11.7. The van der Waals surface area contributed by atoms with Gasteiger partial charge in [-0.2, -0.15) is 0 Å². The second-order valence-electron chi connectivity index (χ2n) is 3.52. The molecule has 1 rings (SSSR count). The van der Waals surface area contributed by atoms with Crippen molar-refractivity contribution in [3.8, 4) is 0 Å². The summed E-state index contributed by atoms with van der Waals surface area (Å²) in [7, 11) is 1.48. The lowest BCUT2D eigenvalue weighted by Crippen LogP contribution is -2.36. The maximum Gasteiger partial charge on any atom is 0.270 e. The van der Waals surface area contributed by atoms with Gasteiger partial charge in [-0.15, -0.1) is 4.83 Å². The molecule has 0 aliphatic carbocycles. The lowest BCUT2D eigenvalue weighted by Gasteiger charge is -2.11. The molecule has 0 fully saturated rings. The number of hydrogen-bond acceptors (Lipinski definition) is 5. The Morgan fingerprint density at radius 1 is 1.38 bits per heavy atom. The van der Waals surface area contributed by atoms with E-state index < -0.39 is 10.0 Å². The van der Waals surface area contributed by atoms with Gasteiger partial charge in [-0.1, -0.05) is 6.07 Å². The second kappa shape index (κ2) is 5.35. The molecule has 0 spiro atoms. The summed E-state index contributed by atoms with van der Waals surface area (Å²) >= 11 is 0. The fourth-order valence-corrected chi connectivity index (χ4v) is 2.18. The van der Waals surface area contributed by atoms with Crippen LogP contribution in [0.3, 0.4) is 0 Å². The van der Waals surface area contributed by atoms with E-state index >= 15 is 0 Å². The smallest absolute Gasteiger partial charge is 0.270 e. The zero-order valence-electron chi connectivity index (χ0n) is 9.56. The molecule has 0 atom stereocenters. The summed E-state index contributed by atoms with van der Waals surface area (Å²) < 4.78 is 23.4. The van der Waals surface area contributed by atoms with Crippen LogP contribution in [0.2, 0.25) is 0 Å². The molecule has 0 saturated heterocycles. The van der Waals surface area contributed by atoms with Crippen molar-refractivity contribution in [1.82, 2.24) is 20.1 Å². The highest BCUT2D eigenvalue weighted by atomic mass is 32.2. The van der Waals surface area contributed by atoms with Gasteiger partial charge in [0.15, 0.2) is 5.03 Å². The van der Waals surface area contributed by atoms with Crippen LogP contribution in [0, 0.1) is 0 Å². The van der Waals surface area contributed by atoms with Gasteiger partial charge in [0, 0.05) is 26.8 Å². The molecule has 1 heterocycles. The highest BCUT2D eigenvalue weighted by Gasteiger charge is 2.15. The quantitative estimate of drug-likeness (QED) is 0.687. The van der Waals surface area contributed by atoms with Crippen LogP contribution in [0.5, 0.6) is 0 Å². The van der Waals surface area contributed by atoms with Crippen LogP contribution in [-0.2, 0) is 16.6 Å². The highest BCUT2D eigenvalue weighted by molar-refractivity contribution is 7.89. The predicted octanol–water partition coefficient (Wildman–Crippen LogP) is -0.444. The van der Waals surface area contributed by atoms with Crippen molar-refractivity contribution in [3.63, 3.8) is 0 Å². The van der Waals surface area contributed by atoms with Gasteiger partial charge in [-0.05, 0) is 18.7 Å². The second-order valence-corrected chi connectivity index (χ2v) is 5.13. The summed E-state index contributed by atoms with van der Waals surface area (Å²) in [4.78, 5) is 6.22. The molecule has 0 saturated carbocycles. The van der Waals surface area contributed by atoms with Gasteiger partial charge >= 0.3 is 0 Å². The Labute approximate surface area is 95.7 Å². The fourth-order valence-electron chi connectivity index (χ4n) is 1.17. The van der Waals surface area contributed by atoms with Gasteiger partial charge in [0.1, 0.15) is 0 Å². The molecule has 1 aromatic heterocycles. The first-order valence-electron chi connectivity index (χ1n) is 4.75. The number of pyridine rings is 1. The standard InChI is InChI=1S/C9H16N4O2S/c1-10-6-8-4-5-9(11-7-8)16(14,15)12-13(2)3/h4-5,7,10,12H,6H2,1-3H3. The minimum atomic E-state index is -3.55. The zero-order valence-corrected chi connectivity index (χ0v) is 10.4. The van der Waals surface area contributed by atoms with E-state index in [1.54, 1.807) is 26.4 Å². The van der Waals surface area contributed by atoms with Crippen molar-refractivity contribution < 1.29 is 8.42 Å². The molecule has 0 amide bonds. The molecule has 0 radical (unpaired) electrons. The van der Waals surface area contributed by atoms with Crippen LogP contribution in [0.25, 0.3) is 0 Å². The van der Waals surface area contributed by atoms with Crippen molar-refractivity contribution in [2.45, 2.75) is 11.6 Å². The Balaban J connectivity index is 2.89. The van der Waals surface area contributed by atoms with Gasteiger partial charge in [0.05, 0.1) is 0 Å². The van der Waals surface area contributed by atoms with Crippen LogP contribution in [0.4, 0.5) is 0 Å². The Morgan fingerprint density at radius 2 is 2.06 bits per heavy atom. The van der Waals surface area contributed by atoms with E-state index in [-0.39, 0.29) is 5.03 Å². The molecule has 0 aromatic carbocycles. The monoisotopic (exact) mass is 244 g/mol. The Kier molecular flexibility index (Phi) is 4.36. The van der Waals surface area contributed by atoms with Gasteiger partial charge in [0.2, 0.25) is 0 Å². The molecular weight excluding hydrogens is 228 g/mol. The number of rotatable bonds is 5.